The lowest BCUT2D eigenvalue weighted by Crippen LogP contribution is -2.16. The summed E-state index contributed by atoms with van der Waals surface area (Å²) in [5.74, 6) is 1.19. The molecule has 0 bridgehead atoms. The van der Waals surface area contributed by atoms with Gasteiger partial charge in [-0.25, -0.2) is 4.39 Å². The van der Waals surface area contributed by atoms with Crippen LogP contribution in [-0.2, 0) is 5.75 Å². The zero-order valence-electron chi connectivity index (χ0n) is 10.3. The van der Waals surface area contributed by atoms with E-state index in [0.717, 1.165) is 10.6 Å². The van der Waals surface area contributed by atoms with E-state index in [9.17, 15) is 4.39 Å². The van der Waals surface area contributed by atoms with Crippen LogP contribution in [0.15, 0.2) is 47.4 Å². The smallest absolute Gasteiger partial charge is 0.197 e. The van der Waals surface area contributed by atoms with E-state index in [0.29, 0.717) is 19.0 Å². The Labute approximate surface area is 115 Å². The van der Waals surface area contributed by atoms with Crippen molar-refractivity contribution in [1.29, 1.82) is 0 Å². The van der Waals surface area contributed by atoms with Crippen LogP contribution < -0.4 is 9.47 Å². The first-order chi connectivity index (χ1) is 9.33. The number of rotatable bonds is 3. The third-order valence-electron chi connectivity index (χ3n) is 2.82. The number of thioether (sulfide) groups is 1. The maximum absolute atomic E-state index is 13.8. The molecule has 0 saturated carbocycles. The van der Waals surface area contributed by atoms with Crippen molar-refractivity contribution in [2.75, 3.05) is 13.2 Å². The van der Waals surface area contributed by atoms with Gasteiger partial charge in [0.2, 0.25) is 0 Å². The number of hydrogen-bond donors (Lipinski definition) is 0. The van der Waals surface area contributed by atoms with Gasteiger partial charge in [-0.2, -0.15) is 0 Å². The Balaban J connectivity index is 1.76. The fraction of sp³-hybridized carbons (Fsp3) is 0.200. The average Bonchev–Trinajstić information content (AvgIpc) is 2.46. The average molecular weight is 276 g/mol. The first-order valence-electron chi connectivity index (χ1n) is 6.09. The minimum Gasteiger partial charge on any atom is -0.486 e. The van der Waals surface area contributed by atoms with Gasteiger partial charge in [-0.3, -0.25) is 0 Å². The Hall–Kier alpha value is -1.68. The summed E-state index contributed by atoms with van der Waals surface area (Å²) < 4.78 is 24.5. The monoisotopic (exact) mass is 276 g/mol. The van der Waals surface area contributed by atoms with Crippen LogP contribution in [0.3, 0.4) is 0 Å². The molecule has 0 saturated heterocycles. The maximum Gasteiger partial charge on any atom is 0.197 e. The van der Waals surface area contributed by atoms with Gasteiger partial charge in [0.05, 0.1) is 0 Å². The number of fused-ring (bicyclic) bond motifs is 1. The molecule has 1 aliphatic heterocycles. The third kappa shape index (κ3) is 2.84. The highest BCUT2D eigenvalue weighted by Crippen LogP contribution is 2.37. The highest BCUT2D eigenvalue weighted by molar-refractivity contribution is 7.98. The molecule has 0 atom stereocenters. The van der Waals surface area contributed by atoms with E-state index in [1.807, 2.05) is 24.3 Å². The molecule has 0 radical (unpaired) electrons. The molecule has 0 unspecified atom stereocenters. The van der Waals surface area contributed by atoms with Gasteiger partial charge >= 0.3 is 0 Å². The molecule has 0 aromatic heterocycles. The molecule has 2 aromatic carbocycles. The van der Waals surface area contributed by atoms with Gasteiger partial charge in [0.15, 0.2) is 17.3 Å². The van der Waals surface area contributed by atoms with E-state index in [1.54, 1.807) is 11.8 Å². The first kappa shape index (κ1) is 12.4. The fourth-order valence-electron chi connectivity index (χ4n) is 1.91. The molecule has 0 spiro atoms. The molecule has 1 heterocycles. The molecular weight excluding hydrogens is 263 g/mol. The second kappa shape index (κ2) is 5.53. The normalized spacial score (nSPS) is 13.3. The third-order valence-corrected chi connectivity index (χ3v) is 3.87. The summed E-state index contributed by atoms with van der Waals surface area (Å²) in [6, 6.07) is 13.4. The SMILES string of the molecule is Fc1cc(SCc2ccccc2)cc2c1OCCO2. The van der Waals surface area contributed by atoms with Gasteiger partial charge in [0, 0.05) is 10.6 Å². The van der Waals surface area contributed by atoms with Crippen LogP contribution in [0.5, 0.6) is 11.5 Å². The molecule has 3 rings (SSSR count). The topological polar surface area (TPSA) is 18.5 Å². The van der Waals surface area contributed by atoms with Gasteiger partial charge in [-0.15, -0.1) is 11.8 Å². The van der Waals surface area contributed by atoms with Crippen molar-refractivity contribution in [2.45, 2.75) is 10.6 Å². The van der Waals surface area contributed by atoms with E-state index >= 15 is 0 Å². The summed E-state index contributed by atoms with van der Waals surface area (Å²) in [5.41, 5.74) is 1.21. The van der Waals surface area contributed by atoms with Crippen molar-refractivity contribution >= 4 is 11.8 Å². The van der Waals surface area contributed by atoms with Gasteiger partial charge in [-0.05, 0) is 17.7 Å². The van der Waals surface area contributed by atoms with Crippen molar-refractivity contribution in [2.24, 2.45) is 0 Å². The van der Waals surface area contributed by atoms with Gasteiger partial charge in [-0.1, -0.05) is 30.3 Å². The Bertz CT molecular complexity index is 572. The predicted octanol–water partition coefficient (Wildman–Crippen LogP) is 3.89. The van der Waals surface area contributed by atoms with E-state index < -0.39 is 0 Å². The van der Waals surface area contributed by atoms with Crippen molar-refractivity contribution in [1.82, 2.24) is 0 Å². The van der Waals surface area contributed by atoms with Crippen molar-refractivity contribution < 1.29 is 13.9 Å². The molecule has 2 aromatic rings. The predicted molar refractivity (Wildman–Crippen MR) is 73.4 cm³/mol. The quantitative estimate of drug-likeness (QED) is 0.792. The Morgan fingerprint density at radius 1 is 1.05 bits per heavy atom. The second-order valence-corrected chi connectivity index (χ2v) is 5.25. The van der Waals surface area contributed by atoms with Crippen LogP contribution in [0.1, 0.15) is 5.56 Å². The molecule has 2 nitrogen and oxygen atoms in total. The lowest BCUT2D eigenvalue weighted by Gasteiger charge is -2.19. The summed E-state index contributed by atoms with van der Waals surface area (Å²) >= 11 is 1.58. The summed E-state index contributed by atoms with van der Waals surface area (Å²) in [5, 5.41) is 0. The maximum atomic E-state index is 13.8. The van der Waals surface area contributed by atoms with Crippen LogP contribution in [0.25, 0.3) is 0 Å². The summed E-state index contributed by atoms with van der Waals surface area (Å²) in [6.07, 6.45) is 0. The zero-order valence-corrected chi connectivity index (χ0v) is 11.1. The van der Waals surface area contributed by atoms with Crippen LogP contribution in [-0.4, -0.2) is 13.2 Å². The standard InChI is InChI=1S/C15H13FO2S/c16-13-8-12(9-14-15(13)18-7-6-17-14)19-10-11-4-2-1-3-5-11/h1-5,8-9H,6-7,10H2. The fourth-order valence-corrected chi connectivity index (χ4v) is 2.81. The van der Waals surface area contributed by atoms with E-state index in [-0.39, 0.29) is 11.6 Å². The Kier molecular flexibility index (Phi) is 3.60. The van der Waals surface area contributed by atoms with Crippen molar-refractivity contribution in [3.63, 3.8) is 0 Å². The molecule has 19 heavy (non-hydrogen) atoms. The Morgan fingerprint density at radius 3 is 2.68 bits per heavy atom. The largest absolute Gasteiger partial charge is 0.486 e. The molecule has 0 amide bonds. The van der Waals surface area contributed by atoms with Crippen molar-refractivity contribution in [3.8, 4) is 11.5 Å². The number of benzene rings is 2. The van der Waals surface area contributed by atoms with E-state index in [4.69, 9.17) is 9.47 Å². The van der Waals surface area contributed by atoms with E-state index in [1.165, 1.54) is 11.6 Å². The molecule has 0 fully saturated rings. The number of halogens is 1. The van der Waals surface area contributed by atoms with Gasteiger partial charge in [0.25, 0.3) is 0 Å². The molecule has 1 aliphatic rings. The minimum atomic E-state index is -0.354. The highest BCUT2D eigenvalue weighted by atomic mass is 32.2. The van der Waals surface area contributed by atoms with Gasteiger partial charge in [0.1, 0.15) is 13.2 Å². The second-order valence-electron chi connectivity index (χ2n) is 4.20. The molecule has 98 valence electrons. The lowest BCUT2D eigenvalue weighted by molar-refractivity contribution is 0.163. The lowest BCUT2D eigenvalue weighted by atomic mass is 10.2. The van der Waals surface area contributed by atoms with Crippen LogP contribution in [0, 0.1) is 5.82 Å². The zero-order chi connectivity index (χ0) is 13.1. The first-order valence-corrected chi connectivity index (χ1v) is 7.07. The molecule has 0 N–H and O–H groups in total. The minimum absolute atomic E-state index is 0.232. The number of ether oxygens (including phenoxy) is 2. The summed E-state index contributed by atoms with van der Waals surface area (Å²) in [6.45, 7) is 0.875. The molecule has 0 aliphatic carbocycles. The highest BCUT2D eigenvalue weighted by Gasteiger charge is 2.17. The Morgan fingerprint density at radius 2 is 1.84 bits per heavy atom. The summed E-state index contributed by atoms with van der Waals surface area (Å²) in [7, 11) is 0. The van der Waals surface area contributed by atoms with E-state index in [2.05, 4.69) is 12.1 Å². The molecule has 4 heteroatoms. The van der Waals surface area contributed by atoms with Crippen molar-refractivity contribution in [3.05, 3.63) is 53.8 Å². The summed E-state index contributed by atoms with van der Waals surface area (Å²) in [4.78, 5) is 0.852. The van der Waals surface area contributed by atoms with Gasteiger partial charge < -0.3 is 9.47 Å². The van der Waals surface area contributed by atoms with Crippen LogP contribution >= 0.6 is 11.8 Å². The van der Waals surface area contributed by atoms with Crippen LogP contribution in [0.4, 0.5) is 4.39 Å². The number of hydrogen-bond acceptors (Lipinski definition) is 3. The molecular formula is C15H13FO2S. The van der Waals surface area contributed by atoms with Crippen LogP contribution in [0.2, 0.25) is 0 Å².